The zero-order chi connectivity index (χ0) is 20.1. The summed E-state index contributed by atoms with van der Waals surface area (Å²) in [7, 11) is -2.03. The van der Waals surface area contributed by atoms with Crippen molar-refractivity contribution in [1.82, 2.24) is 9.21 Å². The first-order valence-electron chi connectivity index (χ1n) is 9.68. The third-order valence-electron chi connectivity index (χ3n) is 5.42. The fraction of sp³-hybridized carbons (Fsp3) is 0.667. The maximum absolute atomic E-state index is 12.9. The molecule has 9 nitrogen and oxygen atoms in total. The van der Waals surface area contributed by atoms with Crippen LogP contribution in [0.4, 0.5) is 11.4 Å². The maximum atomic E-state index is 12.9. The van der Waals surface area contributed by atoms with Crippen molar-refractivity contribution in [1.29, 1.82) is 0 Å². The second-order valence-electron chi connectivity index (χ2n) is 7.19. The SMILES string of the molecule is COCCN1CCN(c2ccc(S(=O)(=O)N3CCCCC3)cc2[N+](=O)[O-])CC1. The maximum Gasteiger partial charge on any atom is 0.293 e. The lowest BCUT2D eigenvalue weighted by Gasteiger charge is -2.35. The van der Waals surface area contributed by atoms with Crippen molar-refractivity contribution in [3.8, 4) is 0 Å². The van der Waals surface area contributed by atoms with Crippen molar-refractivity contribution in [3.05, 3.63) is 28.3 Å². The number of nitro groups is 1. The van der Waals surface area contributed by atoms with Crippen molar-refractivity contribution in [2.75, 3.05) is 64.4 Å². The summed E-state index contributed by atoms with van der Waals surface area (Å²) >= 11 is 0. The molecule has 0 bridgehead atoms. The number of sulfonamides is 1. The number of nitrogens with zero attached hydrogens (tertiary/aromatic N) is 4. The van der Waals surface area contributed by atoms with Crippen LogP contribution < -0.4 is 4.90 Å². The predicted molar refractivity (Wildman–Crippen MR) is 106 cm³/mol. The molecule has 0 radical (unpaired) electrons. The van der Waals surface area contributed by atoms with Crippen LogP contribution in [0, 0.1) is 10.1 Å². The minimum atomic E-state index is -3.70. The molecule has 0 aliphatic carbocycles. The molecule has 2 saturated heterocycles. The smallest absolute Gasteiger partial charge is 0.293 e. The minimum absolute atomic E-state index is 0.00332. The van der Waals surface area contributed by atoms with Crippen LogP contribution in [0.5, 0.6) is 0 Å². The Morgan fingerprint density at radius 1 is 1.07 bits per heavy atom. The summed E-state index contributed by atoms with van der Waals surface area (Å²) in [6.45, 7) is 5.32. The van der Waals surface area contributed by atoms with E-state index in [1.54, 1.807) is 13.2 Å². The Bertz CT molecular complexity index is 787. The molecule has 3 rings (SSSR count). The van der Waals surface area contributed by atoms with Gasteiger partial charge < -0.3 is 9.64 Å². The first-order valence-corrected chi connectivity index (χ1v) is 11.1. The van der Waals surface area contributed by atoms with E-state index in [0.29, 0.717) is 38.5 Å². The number of piperazine rings is 1. The molecule has 2 fully saturated rings. The second kappa shape index (κ2) is 9.17. The van der Waals surface area contributed by atoms with E-state index in [2.05, 4.69) is 4.90 Å². The highest BCUT2D eigenvalue weighted by Crippen LogP contribution is 2.33. The van der Waals surface area contributed by atoms with Gasteiger partial charge in [-0.15, -0.1) is 0 Å². The van der Waals surface area contributed by atoms with E-state index in [0.717, 1.165) is 38.9 Å². The molecular formula is C18H28N4O5S. The average molecular weight is 413 g/mol. The summed E-state index contributed by atoms with van der Waals surface area (Å²) in [5.41, 5.74) is 0.331. The van der Waals surface area contributed by atoms with Crippen LogP contribution in [0.25, 0.3) is 0 Å². The molecule has 2 heterocycles. The summed E-state index contributed by atoms with van der Waals surface area (Å²) in [6, 6.07) is 4.31. The predicted octanol–water partition coefficient (Wildman–Crippen LogP) is 1.54. The zero-order valence-corrected chi connectivity index (χ0v) is 17.1. The highest BCUT2D eigenvalue weighted by atomic mass is 32.2. The normalized spacial score (nSPS) is 19.7. The summed E-state index contributed by atoms with van der Waals surface area (Å²) in [4.78, 5) is 15.4. The fourth-order valence-electron chi connectivity index (χ4n) is 3.76. The van der Waals surface area contributed by atoms with Gasteiger partial charge in [-0.05, 0) is 25.0 Å². The minimum Gasteiger partial charge on any atom is -0.383 e. The van der Waals surface area contributed by atoms with Gasteiger partial charge in [-0.3, -0.25) is 15.0 Å². The molecule has 0 amide bonds. The number of rotatable bonds is 7. The van der Waals surface area contributed by atoms with E-state index >= 15 is 0 Å². The number of piperidine rings is 1. The lowest BCUT2D eigenvalue weighted by atomic mass is 10.2. The molecule has 1 aromatic rings. The van der Waals surface area contributed by atoms with Crippen LogP contribution in [0.2, 0.25) is 0 Å². The molecule has 0 atom stereocenters. The van der Waals surface area contributed by atoms with Gasteiger partial charge in [0.2, 0.25) is 10.0 Å². The first kappa shape index (κ1) is 21.0. The van der Waals surface area contributed by atoms with Crippen LogP contribution in [0.1, 0.15) is 19.3 Å². The largest absolute Gasteiger partial charge is 0.383 e. The standard InChI is InChI=1S/C18H28N4O5S/c1-27-14-13-19-9-11-20(12-10-19)17-6-5-16(15-18(17)22(23)24)28(25,26)21-7-3-2-4-8-21/h5-6,15H,2-4,7-14H2,1H3. The molecule has 0 saturated carbocycles. The van der Waals surface area contributed by atoms with Gasteiger partial charge in [-0.1, -0.05) is 6.42 Å². The van der Waals surface area contributed by atoms with Gasteiger partial charge in [-0.25, -0.2) is 8.42 Å². The fourth-order valence-corrected chi connectivity index (χ4v) is 5.30. The molecule has 0 spiro atoms. The van der Waals surface area contributed by atoms with Gasteiger partial charge in [0.25, 0.3) is 5.69 Å². The molecule has 0 N–H and O–H groups in total. The number of hydrogen-bond acceptors (Lipinski definition) is 7. The first-order chi connectivity index (χ1) is 13.4. The number of benzene rings is 1. The second-order valence-corrected chi connectivity index (χ2v) is 9.13. The van der Waals surface area contributed by atoms with Gasteiger partial charge in [0.1, 0.15) is 5.69 Å². The summed E-state index contributed by atoms with van der Waals surface area (Å²) in [5, 5.41) is 11.7. The van der Waals surface area contributed by atoms with Gasteiger partial charge in [0.15, 0.2) is 0 Å². The quantitative estimate of drug-likeness (QED) is 0.495. The third kappa shape index (κ3) is 4.62. The highest BCUT2D eigenvalue weighted by Gasteiger charge is 2.30. The van der Waals surface area contributed by atoms with Crippen LogP contribution in [0.15, 0.2) is 23.1 Å². The van der Waals surface area contributed by atoms with Crippen molar-refractivity contribution >= 4 is 21.4 Å². The summed E-state index contributed by atoms with van der Waals surface area (Å²) in [5.74, 6) is 0. The van der Waals surface area contributed by atoms with Crippen molar-refractivity contribution in [3.63, 3.8) is 0 Å². The molecule has 0 aromatic heterocycles. The number of hydrogen-bond donors (Lipinski definition) is 0. The molecule has 1 aromatic carbocycles. The summed E-state index contributed by atoms with van der Waals surface area (Å²) < 4.78 is 32.3. The topological polar surface area (TPSA) is 96.2 Å². The van der Waals surface area contributed by atoms with Gasteiger partial charge >= 0.3 is 0 Å². The third-order valence-corrected chi connectivity index (χ3v) is 7.32. The Kier molecular flexibility index (Phi) is 6.86. The van der Waals surface area contributed by atoms with Crippen molar-refractivity contribution in [2.24, 2.45) is 0 Å². The Labute approximate surface area is 166 Å². The van der Waals surface area contributed by atoms with Crippen molar-refractivity contribution < 1.29 is 18.1 Å². The van der Waals surface area contributed by atoms with Crippen LogP contribution in [-0.2, 0) is 14.8 Å². The monoisotopic (exact) mass is 412 g/mol. The number of anilines is 1. The van der Waals surface area contributed by atoms with Gasteiger partial charge in [-0.2, -0.15) is 4.31 Å². The number of ether oxygens (including phenoxy) is 1. The van der Waals surface area contributed by atoms with Crippen molar-refractivity contribution in [2.45, 2.75) is 24.2 Å². The Morgan fingerprint density at radius 2 is 1.75 bits per heavy atom. The molecular weight excluding hydrogens is 384 g/mol. The van der Waals surface area contributed by atoms with E-state index < -0.39 is 14.9 Å². The molecule has 28 heavy (non-hydrogen) atoms. The van der Waals surface area contributed by atoms with E-state index in [1.807, 2.05) is 4.90 Å². The zero-order valence-electron chi connectivity index (χ0n) is 16.2. The van der Waals surface area contributed by atoms with E-state index in [-0.39, 0.29) is 10.6 Å². The van der Waals surface area contributed by atoms with E-state index in [1.165, 1.54) is 16.4 Å². The Hall–Kier alpha value is -1.75. The summed E-state index contributed by atoms with van der Waals surface area (Å²) in [6.07, 6.45) is 2.67. The van der Waals surface area contributed by atoms with E-state index in [4.69, 9.17) is 4.74 Å². The van der Waals surface area contributed by atoms with Crippen LogP contribution in [0.3, 0.4) is 0 Å². The lowest BCUT2D eigenvalue weighted by molar-refractivity contribution is -0.384. The van der Waals surface area contributed by atoms with E-state index in [9.17, 15) is 18.5 Å². The molecule has 0 unspecified atom stereocenters. The Morgan fingerprint density at radius 3 is 2.36 bits per heavy atom. The van der Waals surface area contributed by atoms with Gasteiger partial charge in [0.05, 0.1) is 16.4 Å². The number of methoxy groups -OCH3 is 1. The molecule has 2 aliphatic heterocycles. The van der Waals surface area contributed by atoms with Gasteiger partial charge in [0, 0.05) is 59.0 Å². The number of nitro benzene ring substituents is 1. The molecule has 10 heteroatoms. The molecule has 2 aliphatic rings. The highest BCUT2D eigenvalue weighted by molar-refractivity contribution is 7.89. The van der Waals surface area contributed by atoms with Crippen LogP contribution in [-0.4, -0.2) is 82.1 Å². The molecule has 156 valence electrons. The van der Waals surface area contributed by atoms with Crippen LogP contribution >= 0.6 is 0 Å². The Balaban J connectivity index is 1.79. The average Bonchev–Trinajstić information content (AvgIpc) is 2.72. The lowest BCUT2D eigenvalue weighted by Crippen LogP contribution is -2.47.